The van der Waals surface area contributed by atoms with Gasteiger partial charge in [0.05, 0.1) is 25.9 Å². The number of esters is 1. The van der Waals surface area contributed by atoms with Gasteiger partial charge in [-0.3, -0.25) is 0 Å². The van der Waals surface area contributed by atoms with Gasteiger partial charge < -0.3 is 24.1 Å². The van der Waals surface area contributed by atoms with Gasteiger partial charge in [0.15, 0.2) is 5.69 Å². The minimum absolute atomic E-state index is 0.0424. The van der Waals surface area contributed by atoms with E-state index >= 15 is 0 Å². The molecule has 1 aromatic heterocycles. The second-order valence-electron chi connectivity index (χ2n) is 5.09. The lowest BCUT2D eigenvalue weighted by Crippen LogP contribution is -2.37. The van der Waals surface area contributed by atoms with Crippen molar-refractivity contribution in [3.05, 3.63) is 47.7 Å². The zero-order valence-electron chi connectivity index (χ0n) is 14.1. The molecule has 0 aliphatic heterocycles. The van der Waals surface area contributed by atoms with Crippen LogP contribution in [0.3, 0.4) is 0 Å². The third-order valence-electron chi connectivity index (χ3n) is 3.30. The Morgan fingerprint density at radius 1 is 1.31 bits per heavy atom. The van der Waals surface area contributed by atoms with Gasteiger partial charge in [0.1, 0.15) is 17.9 Å². The van der Waals surface area contributed by atoms with E-state index in [2.05, 4.69) is 15.0 Å². The molecule has 8 nitrogen and oxygen atoms in total. The smallest absolute Gasteiger partial charge is 0.360 e. The number of benzene rings is 1. The highest BCUT2D eigenvalue weighted by Crippen LogP contribution is 2.16. The van der Waals surface area contributed by atoms with Crippen molar-refractivity contribution < 1.29 is 32.3 Å². The molecule has 0 atom stereocenters. The first-order valence-electron chi connectivity index (χ1n) is 7.47. The van der Waals surface area contributed by atoms with Crippen LogP contribution < -0.4 is 5.32 Å². The number of hydrogen-bond donors (Lipinski definition) is 1. The second kappa shape index (κ2) is 8.90. The molecule has 1 heterocycles. The summed E-state index contributed by atoms with van der Waals surface area (Å²) in [7, 11) is 2.66. The van der Waals surface area contributed by atoms with E-state index in [9.17, 15) is 18.4 Å². The van der Waals surface area contributed by atoms with Gasteiger partial charge in [0.2, 0.25) is 5.89 Å². The third-order valence-corrected chi connectivity index (χ3v) is 3.30. The van der Waals surface area contributed by atoms with Crippen molar-refractivity contribution in [2.75, 3.05) is 32.7 Å². The number of halogens is 2. The van der Waals surface area contributed by atoms with Crippen molar-refractivity contribution in [3.8, 4) is 0 Å². The maximum absolute atomic E-state index is 13.7. The Bertz CT molecular complexity index is 781. The summed E-state index contributed by atoms with van der Waals surface area (Å²) >= 11 is 0. The van der Waals surface area contributed by atoms with Gasteiger partial charge in [-0.15, -0.1) is 0 Å². The summed E-state index contributed by atoms with van der Waals surface area (Å²) in [6, 6.07) is 2.11. The SMILES string of the molecule is COCCN(Cc1nc(C(=O)OC)co1)C(=O)Nc1ccc(F)cc1F. The Hall–Kier alpha value is -3.01. The Kier molecular flexibility index (Phi) is 6.61. The van der Waals surface area contributed by atoms with Crippen LogP contribution in [0.25, 0.3) is 0 Å². The van der Waals surface area contributed by atoms with Crippen molar-refractivity contribution >= 4 is 17.7 Å². The molecule has 0 saturated heterocycles. The first-order valence-corrected chi connectivity index (χ1v) is 7.47. The van der Waals surface area contributed by atoms with Crippen LogP contribution in [0, 0.1) is 11.6 Å². The quantitative estimate of drug-likeness (QED) is 0.754. The van der Waals surface area contributed by atoms with Crippen LogP contribution in [0.15, 0.2) is 28.9 Å². The van der Waals surface area contributed by atoms with Crippen molar-refractivity contribution in [2.45, 2.75) is 6.54 Å². The van der Waals surface area contributed by atoms with Crippen LogP contribution in [0.1, 0.15) is 16.4 Å². The van der Waals surface area contributed by atoms with E-state index in [1.165, 1.54) is 19.1 Å². The van der Waals surface area contributed by atoms with Crippen molar-refractivity contribution in [1.29, 1.82) is 0 Å². The molecule has 0 unspecified atom stereocenters. The number of ether oxygens (including phenoxy) is 2. The summed E-state index contributed by atoms with van der Waals surface area (Å²) < 4.78 is 41.3. The number of anilines is 1. The minimum atomic E-state index is -0.908. The van der Waals surface area contributed by atoms with E-state index in [0.717, 1.165) is 18.4 Å². The number of nitrogens with one attached hydrogen (secondary N) is 1. The predicted octanol–water partition coefficient (Wildman–Crippen LogP) is 2.42. The van der Waals surface area contributed by atoms with Gasteiger partial charge in [0, 0.05) is 19.7 Å². The second-order valence-corrected chi connectivity index (χ2v) is 5.09. The highest BCUT2D eigenvalue weighted by molar-refractivity contribution is 5.89. The lowest BCUT2D eigenvalue weighted by atomic mass is 10.3. The van der Waals surface area contributed by atoms with Gasteiger partial charge in [-0.2, -0.15) is 0 Å². The monoisotopic (exact) mass is 369 g/mol. The molecule has 0 radical (unpaired) electrons. The molecule has 0 bridgehead atoms. The predicted molar refractivity (Wildman–Crippen MR) is 85.5 cm³/mol. The lowest BCUT2D eigenvalue weighted by Gasteiger charge is -2.21. The van der Waals surface area contributed by atoms with Crippen LogP contribution in [-0.4, -0.2) is 49.3 Å². The fourth-order valence-electron chi connectivity index (χ4n) is 1.98. The Labute approximate surface area is 147 Å². The molecule has 0 aliphatic rings. The topological polar surface area (TPSA) is 93.9 Å². The molecule has 0 spiro atoms. The summed E-state index contributed by atoms with van der Waals surface area (Å²) in [5.41, 5.74) is -0.222. The summed E-state index contributed by atoms with van der Waals surface area (Å²) in [6.07, 6.45) is 1.10. The van der Waals surface area contributed by atoms with Crippen LogP contribution >= 0.6 is 0 Å². The Morgan fingerprint density at radius 3 is 2.73 bits per heavy atom. The Balaban J connectivity index is 2.11. The molecule has 0 aliphatic carbocycles. The summed E-state index contributed by atoms with van der Waals surface area (Å²) in [5, 5.41) is 2.34. The number of carbonyl (C=O) groups is 2. The van der Waals surface area contributed by atoms with Crippen molar-refractivity contribution in [2.24, 2.45) is 0 Å². The Morgan fingerprint density at radius 2 is 2.08 bits per heavy atom. The first-order chi connectivity index (χ1) is 12.4. The number of aromatic nitrogens is 1. The largest absolute Gasteiger partial charge is 0.464 e. The number of hydrogen-bond acceptors (Lipinski definition) is 6. The van der Waals surface area contributed by atoms with Gasteiger partial charge in [-0.25, -0.2) is 23.4 Å². The van der Waals surface area contributed by atoms with Crippen LogP contribution in [0.4, 0.5) is 19.3 Å². The summed E-state index contributed by atoms with van der Waals surface area (Å²) in [5.74, 6) is -2.27. The zero-order chi connectivity index (χ0) is 19.1. The average Bonchev–Trinajstić information content (AvgIpc) is 3.08. The van der Waals surface area contributed by atoms with Crippen molar-refractivity contribution in [1.82, 2.24) is 9.88 Å². The first kappa shape index (κ1) is 19.3. The molecular formula is C16H17F2N3O5. The molecule has 1 aromatic carbocycles. The fraction of sp³-hybridized carbons (Fsp3) is 0.312. The third kappa shape index (κ3) is 4.99. The number of rotatable bonds is 7. The standard InChI is InChI=1S/C16H17F2N3O5/c1-24-6-5-21(8-14-19-13(9-26-14)15(22)25-2)16(23)20-12-4-3-10(17)7-11(12)18/h3-4,7,9H,5-6,8H2,1-2H3,(H,20,23). The molecule has 26 heavy (non-hydrogen) atoms. The maximum atomic E-state index is 13.7. The number of oxazole rings is 1. The number of nitrogens with zero attached hydrogens (tertiary/aromatic N) is 2. The summed E-state index contributed by atoms with van der Waals surface area (Å²) in [6.45, 7) is 0.236. The van der Waals surface area contributed by atoms with E-state index in [4.69, 9.17) is 9.15 Å². The molecule has 1 N–H and O–H groups in total. The number of urea groups is 1. The highest BCUT2D eigenvalue weighted by atomic mass is 19.1. The molecule has 140 valence electrons. The average molecular weight is 369 g/mol. The minimum Gasteiger partial charge on any atom is -0.464 e. The fourth-order valence-corrected chi connectivity index (χ4v) is 1.98. The van der Waals surface area contributed by atoms with Gasteiger partial charge in [-0.1, -0.05) is 0 Å². The van der Waals surface area contributed by atoms with E-state index in [1.807, 2.05) is 0 Å². The van der Waals surface area contributed by atoms with Crippen LogP contribution in [0.2, 0.25) is 0 Å². The van der Waals surface area contributed by atoms with E-state index in [1.54, 1.807) is 0 Å². The van der Waals surface area contributed by atoms with E-state index in [-0.39, 0.29) is 37.0 Å². The van der Waals surface area contributed by atoms with E-state index < -0.39 is 23.6 Å². The van der Waals surface area contributed by atoms with Crippen LogP contribution in [-0.2, 0) is 16.0 Å². The maximum Gasteiger partial charge on any atom is 0.360 e. The van der Waals surface area contributed by atoms with Crippen molar-refractivity contribution in [3.63, 3.8) is 0 Å². The lowest BCUT2D eigenvalue weighted by molar-refractivity contribution is 0.0594. The highest BCUT2D eigenvalue weighted by Gasteiger charge is 2.20. The normalized spacial score (nSPS) is 10.5. The van der Waals surface area contributed by atoms with Gasteiger partial charge >= 0.3 is 12.0 Å². The van der Waals surface area contributed by atoms with E-state index in [0.29, 0.717) is 6.07 Å². The molecule has 0 fully saturated rings. The molecule has 0 saturated carbocycles. The molecular weight excluding hydrogens is 352 g/mol. The zero-order valence-corrected chi connectivity index (χ0v) is 14.1. The molecule has 2 rings (SSSR count). The summed E-state index contributed by atoms with van der Waals surface area (Å²) in [4.78, 5) is 28.9. The number of carbonyl (C=O) groups excluding carboxylic acids is 2. The number of methoxy groups -OCH3 is 2. The van der Waals surface area contributed by atoms with Gasteiger partial charge in [0.25, 0.3) is 0 Å². The molecule has 10 heteroatoms. The van der Waals surface area contributed by atoms with Crippen LogP contribution in [0.5, 0.6) is 0 Å². The number of amides is 2. The van der Waals surface area contributed by atoms with Gasteiger partial charge in [-0.05, 0) is 12.1 Å². The molecule has 2 amide bonds. The molecule has 2 aromatic rings.